The molecule has 7 heteroatoms. The van der Waals surface area contributed by atoms with E-state index >= 15 is 0 Å². The Hall–Kier alpha value is -2.67. The lowest BCUT2D eigenvalue weighted by Gasteiger charge is -2.09. The summed E-state index contributed by atoms with van der Waals surface area (Å²) in [7, 11) is -3.77. The lowest BCUT2D eigenvalue weighted by atomic mass is 10.2. The lowest BCUT2D eigenvalue weighted by Crippen LogP contribution is -2.15. The van der Waals surface area contributed by atoms with Crippen LogP contribution in [0.2, 0.25) is 0 Å². The lowest BCUT2D eigenvalue weighted by molar-refractivity contribution is 0.601. The van der Waals surface area contributed by atoms with Crippen molar-refractivity contribution in [3.05, 3.63) is 54.9 Å². The second kappa shape index (κ2) is 5.02. The predicted molar refractivity (Wildman–Crippen MR) is 81.2 cm³/mol. The standard InChI is InChI=1S/C14H12N4O2S/c15-14-13(4-2-8-17-14)21(19,20)18-11-5-6-12-10(9-11)3-1-7-16-12/h1-9,18H,(H2,15,17). The van der Waals surface area contributed by atoms with E-state index in [4.69, 9.17) is 5.73 Å². The molecule has 2 aromatic heterocycles. The molecule has 0 bridgehead atoms. The minimum absolute atomic E-state index is 0.0348. The molecule has 0 amide bonds. The van der Waals surface area contributed by atoms with Crippen LogP contribution in [0.15, 0.2) is 59.8 Å². The molecule has 0 fully saturated rings. The summed E-state index contributed by atoms with van der Waals surface area (Å²) in [4.78, 5) is 7.92. The molecule has 0 unspecified atom stereocenters. The molecule has 1 aromatic carbocycles. The number of rotatable bonds is 3. The molecule has 3 rings (SSSR count). The summed E-state index contributed by atoms with van der Waals surface area (Å²) in [6, 6.07) is 11.7. The van der Waals surface area contributed by atoms with Gasteiger partial charge in [0.15, 0.2) is 0 Å². The maximum atomic E-state index is 12.3. The number of nitrogens with zero attached hydrogens (tertiary/aromatic N) is 2. The molecule has 106 valence electrons. The predicted octanol–water partition coefficient (Wildman–Crippen LogP) is 2.01. The monoisotopic (exact) mass is 300 g/mol. The molecule has 3 N–H and O–H groups in total. The van der Waals surface area contributed by atoms with Crippen LogP contribution in [0.3, 0.4) is 0 Å². The zero-order valence-corrected chi connectivity index (χ0v) is 11.7. The largest absolute Gasteiger partial charge is 0.383 e. The normalized spacial score (nSPS) is 11.4. The van der Waals surface area contributed by atoms with Crippen LogP contribution in [0.5, 0.6) is 0 Å². The van der Waals surface area contributed by atoms with Crippen LogP contribution in [-0.2, 0) is 10.0 Å². The molecule has 0 saturated heterocycles. The highest BCUT2D eigenvalue weighted by molar-refractivity contribution is 7.92. The van der Waals surface area contributed by atoms with Gasteiger partial charge in [0, 0.05) is 23.5 Å². The van der Waals surface area contributed by atoms with E-state index in [2.05, 4.69) is 14.7 Å². The average Bonchev–Trinajstić information content (AvgIpc) is 2.47. The van der Waals surface area contributed by atoms with Gasteiger partial charge >= 0.3 is 0 Å². The molecule has 2 heterocycles. The van der Waals surface area contributed by atoms with Gasteiger partial charge in [-0.15, -0.1) is 0 Å². The first-order valence-corrected chi connectivity index (χ1v) is 7.63. The van der Waals surface area contributed by atoms with Gasteiger partial charge in [-0.05, 0) is 36.4 Å². The van der Waals surface area contributed by atoms with Crippen LogP contribution in [0.4, 0.5) is 11.5 Å². The molecule has 0 aliphatic rings. The number of aromatic nitrogens is 2. The van der Waals surface area contributed by atoms with E-state index in [0.717, 1.165) is 10.9 Å². The Labute approximate surface area is 121 Å². The maximum Gasteiger partial charge on any atom is 0.265 e. The van der Waals surface area contributed by atoms with Gasteiger partial charge in [-0.3, -0.25) is 9.71 Å². The van der Waals surface area contributed by atoms with Crippen molar-refractivity contribution in [3.63, 3.8) is 0 Å². The van der Waals surface area contributed by atoms with Crippen molar-refractivity contribution in [2.75, 3.05) is 10.5 Å². The maximum absolute atomic E-state index is 12.3. The Bertz CT molecular complexity index is 910. The number of hydrogen-bond acceptors (Lipinski definition) is 5. The second-order valence-electron chi connectivity index (χ2n) is 4.40. The van der Waals surface area contributed by atoms with Crippen molar-refractivity contribution in [3.8, 4) is 0 Å². The number of nitrogens with one attached hydrogen (secondary N) is 1. The molecule has 0 atom stereocenters. The van der Waals surface area contributed by atoms with Crippen molar-refractivity contribution in [2.45, 2.75) is 4.90 Å². The topological polar surface area (TPSA) is 98.0 Å². The number of sulfonamides is 1. The van der Waals surface area contributed by atoms with Gasteiger partial charge in [-0.1, -0.05) is 6.07 Å². The molecule has 21 heavy (non-hydrogen) atoms. The minimum Gasteiger partial charge on any atom is -0.383 e. The summed E-state index contributed by atoms with van der Waals surface area (Å²) >= 11 is 0. The van der Waals surface area contributed by atoms with Crippen molar-refractivity contribution in [2.24, 2.45) is 0 Å². The summed E-state index contributed by atoms with van der Waals surface area (Å²) in [5, 5.41) is 0.844. The number of anilines is 2. The van der Waals surface area contributed by atoms with Gasteiger partial charge in [0.05, 0.1) is 5.52 Å². The first-order chi connectivity index (χ1) is 10.1. The number of fused-ring (bicyclic) bond motifs is 1. The van der Waals surface area contributed by atoms with Gasteiger partial charge in [0.25, 0.3) is 10.0 Å². The van der Waals surface area contributed by atoms with Gasteiger partial charge < -0.3 is 5.73 Å². The smallest absolute Gasteiger partial charge is 0.265 e. The third kappa shape index (κ3) is 2.63. The van der Waals surface area contributed by atoms with E-state index in [1.165, 1.54) is 18.3 Å². The number of hydrogen-bond donors (Lipinski definition) is 2. The summed E-state index contributed by atoms with van der Waals surface area (Å²) in [6.07, 6.45) is 3.12. The Morgan fingerprint density at radius 2 is 1.76 bits per heavy atom. The molecular formula is C14H12N4O2S. The van der Waals surface area contributed by atoms with Crippen molar-refractivity contribution in [1.82, 2.24) is 9.97 Å². The van der Waals surface area contributed by atoms with Crippen molar-refractivity contribution in [1.29, 1.82) is 0 Å². The van der Waals surface area contributed by atoms with E-state index in [0.29, 0.717) is 5.69 Å². The summed E-state index contributed by atoms with van der Waals surface area (Å²) < 4.78 is 27.1. The summed E-state index contributed by atoms with van der Waals surface area (Å²) in [6.45, 7) is 0. The molecule has 0 aliphatic heterocycles. The van der Waals surface area contributed by atoms with Gasteiger partial charge in [0.2, 0.25) is 0 Å². The number of pyridine rings is 2. The van der Waals surface area contributed by atoms with E-state index in [1.54, 1.807) is 30.5 Å². The Morgan fingerprint density at radius 1 is 1.00 bits per heavy atom. The Morgan fingerprint density at radius 3 is 2.57 bits per heavy atom. The van der Waals surface area contributed by atoms with E-state index < -0.39 is 10.0 Å². The fraction of sp³-hybridized carbons (Fsp3) is 0. The average molecular weight is 300 g/mol. The van der Waals surface area contributed by atoms with Crippen LogP contribution < -0.4 is 10.5 Å². The van der Waals surface area contributed by atoms with Crippen LogP contribution in [0.25, 0.3) is 10.9 Å². The molecule has 0 radical (unpaired) electrons. The molecule has 0 spiro atoms. The fourth-order valence-electron chi connectivity index (χ4n) is 1.98. The second-order valence-corrected chi connectivity index (χ2v) is 6.05. The Kier molecular flexibility index (Phi) is 3.19. The van der Waals surface area contributed by atoms with Crippen molar-refractivity contribution < 1.29 is 8.42 Å². The van der Waals surface area contributed by atoms with Crippen LogP contribution >= 0.6 is 0 Å². The highest BCUT2D eigenvalue weighted by Gasteiger charge is 2.18. The SMILES string of the molecule is Nc1ncccc1S(=O)(=O)Nc1ccc2ncccc2c1. The molecule has 6 nitrogen and oxygen atoms in total. The van der Waals surface area contributed by atoms with Crippen LogP contribution in [0.1, 0.15) is 0 Å². The Balaban J connectivity index is 1.99. The molecule has 0 aliphatic carbocycles. The van der Waals surface area contributed by atoms with Gasteiger partial charge in [0.1, 0.15) is 10.7 Å². The van der Waals surface area contributed by atoms with Gasteiger partial charge in [-0.2, -0.15) is 0 Å². The zero-order chi connectivity index (χ0) is 14.9. The minimum atomic E-state index is -3.77. The number of benzene rings is 1. The highest BCUT2D eigenvalue weighted by atomic mass is 32.2. The number of nitrogen functional groups attached to an aromatic ring is 1. The molecule has 0 saturated carbocycles. The highest BCUT2D eigenvalue weighted by Crippen LogP contribution is 2.22. The fourth-order valence-corrected chi connectivity index (χ4v) is 3.11. The first kappa shape index (κ1) is 13.3. The first-order valence-electron chi connectivity index (χ1n) is 6.14. The third-order valence-corrected chi connectivity index (χ3v) is 4.37. The van der Waals surface area contributed by atoms with E-state index in [9.17, 15) is 8.42 Å². The van der Waals surface area contributed by atoms with E-state index in [1.807, 2.05) is 6.07 Å². The van der Waals surface area contributed by atoms with Gasteiger partial charge in [-0.25, -0.2) is 13.4 Å². The summed E-state index contributed by atoms with van der Waals surface area (Å²) in [5.74, 6) is -0.0348. The van der Waals surface area contributed by atoms with Crippen molar-refractivity contribution >= 4 is 32.4 Å². The van der Waals surface area contributed by atoms with Crippen LogP contribution in [0, 0.1) is 0 Å². The molecule has 3 aromatic rings. The quantitative estimate of drug-likeness (QED) is 0.771. The molecular weight excluding hydrogens is 288 g/mol. The number of nitrogens with two attached hydrogens (primary N) is 1. The zero-order valence-electron chi connectivity index (χ0n) is 10.9. The third-order valence-electron chi connectivity index (χ3n) is 2.94. The van der Waals surface area contributed by atoms with Crippen LogP contribution in [-0.4, -0.2) is 18.4 Å². The van der Waals surface area contributed by atoms with E-state index in [-0.39, 0.29) is 10.7 Å². The summed E-state index contributed by atoms with van der Waals surface area (Å²) in [5.41, 5.74) is 6.85.